The number of nitrogens with one attached hydrogen (secondary N) is 1. The van der Waals surface area contributed by atoms with Gasteiger partial charge in [-0.15, -0.1) is 0 Å². The Kier molecular flexibility index (Phi) is 4.69. The number of hydrogen-bond donors (Lipinski definition) is 1. The van der Waals surface area contributed by atoms with Gasteiger partial charge in [0.25, 0.3) is 0 Å². The summed E-state index contributed by atoms with van der Waals surface area (Å²) in [7, 11) is 1.91. The second-order valence-electron chi connectivity index (χ2n) is 5.22. The van der Waals surface area contributed by atoms with Crippen molar-refractivity contribution < 1.29 is 0 Å². The average Bonchev–Trinajstić information content (AvgIpc) is 2.46. The van der Waals surface area contributed by atoms with Gasteiger partial charge in [0.2, 0.25) is 0 Å². The summed E-state index contributed by atoms with van der Waals surface area (Å²) >= 11 is 0. The lowest BCUT2D eigenvalue weighted by Crippen LogP contribution is -2.29. The monoisotopic (exact) mass is 271 g/mol. The van der Waals surface area contributed by atoms with Gasteiger partial charge in [-0.2, -0.15) is 0 Å². The summed E-state index contributed by atoms with van der Waals surface area (Å²) in [5.41, 5.74) is 2.28. The minimum Gasteiger partial charge on any atom is -0.312 e. The Morgan fingerprint density at radius 2 is 1.85 bits per heavy atom. The molecule has 20 heavy (non-hydrogen) atoms. The van der Waals surface area contributed by atoms with Gasteiger partial charge in [0.05, 0.1) is 6.04 Å². The number of aromatic nitrogens is 2. The molecular formula is C16H21N3O. The van der Waals surface area contributed by atoms with E-state index in [4.69, 9.17) is 0 Å². The van der Waals surface area contributed by atoms with Crippen LogP contribution in [-0.4, -0.2) is 16.6 Å². The van der Waals surface area contributed by atoms with Gasteiger partial charge < -0.3 is 5.32 Å². The molecule has 0 spiro atoms. The highest BCUT2D eigenvalue weighted by molar-refractivity contribution is 5.26. The lowest BCUT2D eigenvalue weighted by molar-refractivity contribution is 0.485. The van der Waals surface area contributed by atoms with E-state index >= 15 is 0 Å². The van der Waals surface area contributed by atoms with E-state index < -0.39 is 0 Å². The molecule has 4 heteroatoms. The van der Waals surface area contributed by atoms with E-state index in [-0.39, 0.29) is 11.7 Å². The summed E-state index contributed by atoms with van der Waals surface area (Å²) in [5, 5.41) is 3.26. The Labute approximate surface area is 119 Å². The summed E-state index contributed by atoms with van der Waals surface area (Å²) in [4.78, 5) is 15.4. The van der Waals surface area contributed by atoms with Crippen molar-refractivity contribution in [1.82, 2.24) is 14.9 Å². The molecule has 1 aromatic carbocycles. The molecule has 0 fully saturated rings. The lowest BCUT2D eigenvalue weighted by atomic mass is 9.99. The molecule has 0 aliphatic rings. The van der Waals surface area contributed by atoms with Crippen molar-refractivity contribution in [3.05, 3.63) is 64.3 Å². The first-order valence-corrected chi connectivity index (χ1v) is 6.90. The first-order chi connectivity index (χ1) is 9.61. The molecule has 1 N–H and O–H groups in total. The van der Waals surface area contributed by atoms with Crippen LogP contribution in [0.1, 0.15) is 36.9 Å². The Morgan fingerprint density at radius 3 is 2.40 bits per heavy atom. The van der Waals surface area contributed by atoms with Gasteiger partial charge in [-0.1, -0.05) is 38.1 Å². The smallest absolute Gasteiger partial charge is 0.312 e. The van der Waals surface area contributed by atoms with E-state index in [0.29, 0.717) is 12.5 Å². The van der Waals surface area contributed by atoms with Crippen LogP contribution in [0.5, 0.6) is 0 Å². The van der Waals surface area contributed by atoms with E-state index in [1.807, 2.05) is 7.05 Å². The molecule has 2 rings (SSSR count). The van der Waals surface area contributed by atoms with E-state index in [9.17, 15) is 4.79 Å². The molecule has 2 aromatic rings. The third kappa shape index (κ3) is 3.33. The Bertz CT molecular complexity index is 602. The molecule has 1 unspecified atom stereocenters. The fraction of sp³-hybridized carbons (Fsp3) is 0.375. The van der Waals surface area contributed by atoms with Crippen molar-refractivity contribution in [2.24, 2.45) is 0 Å². The molecule has 0 radical (unpaired) electrons. The molecule has 0 aliphatic heterocycles. The van der Waals surface area contributed by atoms with Gasteiger partial charge in [-0.05, 0) is 30.2 Å². The third-order valence-corrected chi connectivity index (χ3v) is 3.52. The number of hydrogen-bond acceptors (Lipinski definition) is 3. The predicted octanol–water partition coefficient (Wildman–Crippen LogP) is 2.33. The molecule has 1 heterocycles. The summed E-state index contributed by atoms with van der Waals surface area (Å²) in [6.45, 7) is 4.93. The summed E-state index contributed by atoms with van der Waals surface area (Å²) in [5.74, 6) is 0.526. The first kappa shape index (κ1) is 14.5. The van der Waals surface area contributed by atoms with Crippen LogP contribution in [-0.2, 0) is 6.54 Å². The summed E-state index contributed by atoms with van der Waals surface area (Å²) in [6, 6.07) is 10.4. The van der Waals surface area contributed by atoms with Gasteiger partial charge in [0, 0.05) is 18.9 Å². The Morgan fingerprint density at radius 1 is 1.20 bits per heavy atom. The normalized spacial score (nSPS) is 12.6. The van der Waals surface area contributed by atoms with Crippen molar-refractivity contribution in [3.8, 4) is 0 Å². The largest absolute Gasteiger partial charge is 0.347 e. The Balaban J connectivity index is 2.20. The summed E-state index contributed by atoms with van der Waals surface area (Å²) < 4.78 is 1.62. The van der Waals surface area contributed by atoms with Gasteiger partial charge in [-0.25, -0.2) is 9.78 Å². The van der Waals surface area contributed by atoms with Gasteiger partial charge in [-0.3, -0.25) is 4.57 Å². The van der Waals surface area contributed by atoms with Crippen LogP contribution in [0.25, 0.3) is 0 Å². The van der Waals surface area contributed by atoms with Gasteiger partial charge in [0.15, 0.2) is 0 Å². The van der Waals surface area contributed by atoms with Crippen molar-refractivity contribution in [2.75, 3.05) is 7.05 Å². The lowest BCUT2D eigenvalue weighted by Gasteiger charge is -2.18. The highest BCUT2D eigenvalue weighted by atomic mass is 16.1. The number of benzene rings is 1. The molecule has 0 bridgehead atoms. The molecule has 0 saturated heterocycles. The van der Waals surface area contributed by atoms with Crippen molar-refractivity contribution >= 4 is 0 Å². The van der Waals surface area contributed by atoms with E-state index in [0.717, 1.165) is 0 Å². The van der Waals surface area contributed by atoms with Gasteiger partial charge >= 0.3 is 5.69 Å². The van der Waals surface area contributed by atoms with Crippen LogP contribution in [0.3, 0.4) is 0 Å². The topological polar surface area (TPSA) is 46.9 Å². The predicted molar refractivity (Wildman–Crippen MR) is 80.8 cm³/mol. The van der Waals surface area contributed by atoms with Crippen LogP contribution < -0.4 is 11.0 Å². The molecule has 1 aromatic heterocycles. The minimum absolute atomic E-state index is 0.0955. The second kappa shape index (κ2) is 6.48. The molecule has 0 saturated carbocycles. The summed E-state index contributed by atoms with van der Waals surface area (Å²) in [6.07, 6.45) is 3.28. The molecule has 0 aliphatic carbocycles. The van der Waals surface area contributed by atoms with Crippen LogP contribution in [0.15, 0.2) is 47.5 Å². The third-order valence-electron chi connectivity index (χ3n) is 3.52. The van der Waals surface area contributed by atoms with Crippen molar-refractivity contribution in [1.29, 1.82) is 0 Å². The maximum Gasteiger partial charge on any atom is 0.347 e. The highest BCUT2D eigenvalue weighted by Crippen LogP contribution is 2.19. The maximum atomic E-state index is 11.7. The first-order valence-electron chi connectivity index (χ1n) is 6.90. The number of nitrogens with zero attached hydrogens (tertiary/aromatic N) is 2. The van der Waals surface area contributed by atoms with Crippen LogP contribution in [0.4, 0.5) is 0 Å². The van der Waals surface area contributed by atoms with E-state index in [2.05, 4.69) is 48.4 Å². The number of rotatable bonds is 5. The SMILES string of the molecule is CNC(Cn1cccnc1=O)c1ccc(C(C)C)cc1. The fourth-order valence-electron chi connectivity index (χ4n) is 2.20. The molecule has 1 atom stereocenters. The zero-order valence-electron chi connectivity index (χ0n) is 12.2. The van der Waals surface area contributed by atoms with Crippen LogP contribution in [0, 0.1) is 0 Å². The van der Waals surface area contributed by atoms with Gasteiger partial charge in [0.1, 0.15) is 0 Å². The fourth-order valence-corrected chi connectivity index (χ4v) is 2.20. The van der Waals surface area contributed by atoms with Crippen molar-refractivity contribution in [2.45, 2.75) is 32.4 Å². The van der Waals surface area contributed by atoms with E-state index in [1.165, 1.54) is 17.3 Å². The number of likely N-dealkylation sites (N-methyl/N-ethyl adjacent to an activating group) is 1. The second-order valence-corrected chi connectivity index (χ2v) is 5.22. The zero-order valence-corrected chi connectivity index (χ0v) is 12.2. The molecule has 4 nitrogen and oxygen atoms in total. The minimum atomic E-state index is -0.216. The highest BCUT2D eigenvalue weighted by Gasteiger charge is 2.11. The molecule has 106 valence electrons. The maximum absolute atomic E-state index is 11.7. The van der Waals surface area contributed by atoms with Crippen LogP contribution in [0.2, 0.25) is 0 Å². The molecule has 0 amide bonds. The Hall–Kier alpha value is -1.94. The molecular weight excluding hydrogens is 250 g/mol. The quantitative estimate of drug-likeness (QED) is 0.908. The standard InChI is InChI=1S/C16H21N3O/c1-12(2)13-5-7-14(8-6-13)15(17-3)11-19-10-4-9-18-16(19)20/h4-10,12,15,17H,11H2,1-3H3. The van der Waals surface area contributed by atoms with Crippen molar-refractivity contribution in [3.63, 3.8) is 0 Å². The van der Waals surface area contributed by atoms with E-state index in [1.54, 1.807) is 16.8 Å². The van der Waals surface area contributed by atoms with Crippen LogP contribution >= 0.6 is 0 Å². The average molecular weight is 271 g/mol. The zero-order chi connectivity index (χ0) is 14.5.